The lowest BCUT2D eigenvalue weighted by molar-refractivity contribution is -0.124. The summed E-state index contributed by atoms with van der Waals surface area (Å²) in [6, 6.07) is 13.7. The van der Waals surface area contributed by atoms with Crippen LogP contribution in [0.25, 0.3) is 10.6 Å². The average Bonchev–Trinajstić information content (AvgIpc) is 3.36. The van der Waals surface area contributed by atoms with Crippen LogP contribution in [0.4, 0.5) is 0 Å². The Labute approximate surface area is 168 Å². The molecule has 1 atom stereocenters. The van der Waals surface area contributed by atoms with Gasteiger partial charge in [-0.15, -0.1) is 11.3 Å². The Kier molecular flexibility index (Phi) is 6.60. The van der Waals surface area contributed by atoms with E-state index in [4.69, 9.17) is 4.74 Å². The third-order valence-electron chi connectivity index (χ3n) is 4.28. The zero-order chi connectivity index (χ0) is 19.9. The average molecular weight is 398 g/mol. The number of carbonyl (C=O) groups excluding carboxylic acids is 2. The summed E-state index contributed by atoms with van der Waals surface area (Å²) in [6.45, 7) is 4.12. The molecule has 0 radical (unpaired) electrons. The molecule has 0 spiro atoms. The molecular weight excluding hydrogens is 374 g/mol. The minimum Gasteiger partial charge on any atom is -0.452 e. The van der Waals surface area contributed by atoms with Gasteiger partial charge < -0.3 is 10.1 Å². The SMILES string of the molecule is CCC(C)NC(=O)COC(=O)c1cn(Cc2ccccc2)nc1-c1cccs1. The smallest absolute Gasteiger partial charge is 0.342 e. The number of nitrogens with one attached hydrogen (secondary N) is 1. The number of esters is 1. The molecule has 1 unspecified atom stereocenters. The predicted molar refractivity (Wildman–Crippen MR) is 109 cm³/mol. The van der Waals surface area contributed by atoms with Crippen LogP contribution in [0, 0.1) is 0 Å². The van der Waals surface area contributed by atoms with E-state index in [2.05, 4.69) is 10.4 Å². The van der Waals surface area contributed by atoms with Gasteiger partial charge >= 0.3 is 5.97 Å². The lowest BCUT2D eigenvalue weighted by Gasteiger charge is -2.11. The molecule has 0 aliphatic rings. The van der Waals surface area contributed by atoms with E-state index in [1.165, 1.54) is 11.3 Å². The van der Waals surface area contributed by atoms with Gasteiger partial charge in [0.15, 0.2) is 6.61 Å². The van der Waals surface area contributed by atoms with Crippen molar-refractivity contribution in [2.75, 3.05) is 6.61 Å². The lowest BCUT2D eigenvalue weighted by atomic mass is 10.2. The van der Waals surface area contributed by atoms with E-state index in [0.717, 1.165) is 16.9 Å². The first kappa shape index (κ1) is 19.8. The highest BCUT2D eigenvalue weighted by molar-refractivity contribution is 7.13. The molecule has 0 fully saturated rings. The maximum absolute atomic E-state index is 12.6. The van der Waals surface area contributed by atoms with Crippen LogP contribution >= 0.6 is 11.3 Å². The maximum atomic E-state index is 12.6. The molecule has 28 heavy (non-hydrogen) atoms. The van der Waals surface area contributed by atoms with E-state index in [1.54, 1.807) is 10.9 Å². The van der Waals surface area contributed by atoms with Gasteiger partial charge in [0.2, 0.25) is 0 Å². The van der Waals surface area contributed by atoms with Gasteiger partial charge in [0.05, 0.1) is 11.4 Å². The van der Waals surface area contributed by atoms with Crippen molar-refractivity contribution in [2.24, 2.45) is 0 Å². The quantitative estimate of drug-likeness (QED) is 0.588. The number of hydrogen-bond donors (Lipinski definition) is 1. The highest BCUT2D eigenvalue weighted by Gasteiger charge is 2.21. The van der Waals surface area contributed by atoms with Crippen molar-refractivity contribution in [3.05, 3.63) is 65.2 Å². The first-order valence-electron chi connectivity index (χ1n) is 9.18. The van der Waals surface area contributed by atoms with E-state index in [-0.39, 0.29) is 18.6 Å². The van der Waals surface area contributed by atoms with Gasteiger partial charge in [0.1, 0.15) is 11.3 Å². The largest absolute Gasteiger partial charge is 0.452 e. The van der Waals surface area contributed by atoms with E-state index in [9.17, 15) is 9.59 Å². The summed E-state index contributed by atoms with van der Waals surface area (Å²) in [7, 11) is 0. The van der Waals surface area contributed by atoms with Crippen molar-refractivity contribution in [1.82, 2.24) is 15.1 Å². The molecule has 6 nitrogen and oxygen atoms in total. The number of thiophene rings is 1. The molecule has 1 amide bonds. The minimum absolute atomic E-state index is 0.0431. The minimum atomic E-state index is -0.554. The summed E-state index contributed by atoms with van der Waals surface area (Å²) < 4.78 is 6.96. The van der Waals surface area contributed by atoms with Crippen LogP contribution < -0.4 is 5.32 Å². The monoisotopic (exact) mass is 397 g/mol. The molecule has 1 N–H and O–H groups in total. The number of rotatable bonds is 8. The molecule has 1 aromatic carbocycles. The first-order chi connectivity index (χ1) is 13.6. The van der Waals surface area contributed by atoms with E-state index < -0.39 is 5.97 Å². The zero-order valence-electron chi connectivity index (χ0n) is 15.9. The second-order valence-corrected chi connectivity index (χ2v) is 7.45. The molecule has 3 aromatic rings. The maximum Gasteiger partial charge on any atom is 0.342 e. The standard InChI is InChI=1S/C21H23N3O3S/c1-3-15(2)22-19(25)14-27-21(26)17-13-24(12-16-8-5-4-6-9-16)23-20(17)18-10-7-11-28-18/h4-11,13,15H,3,12,14H2,1-2H3,(H,22,25). The highest BCUT2D eigenvalue weighted by atomic mass is 32.1. The summed E-state index contributed by atoms with van der Waals surface area (Å²) in [6.07, 6.45) is 2.49. The summed E-state index contributed by atoms with van der Waals surface area (Å²) >= 11 is 1.50. The Morgan fingerprint density at radius 3 is 2.68 bits per heavy atom. The van der Waals surface area contributed by atoms with Crippen LogP contribution in [-0.2, 0) is 16.1 Å². The van der Waals surface area contributed by atoms with Crippen molar-refractivity contribution in [3.63, 3.8) is 0 Å². The van der Waals surface area contributed by atoms with Gasteiger partial charge in [-0.1, -0.05) is 43.3 Å². The fourth-order valence-electron chi connectivity index (χ4n) is 2.64. The molecule has 0 saturated heterocycles. The fourth-order valence-corrected chi connectivity index (χ4v) is 3.37. The number of ether oxygens (including phenoxy) is 1. The second kappa shape index (κ2) is 9.32. The van der Waals surface area contributed by atoms with Crippen molar-refractivity contribution in [1.29, 1.82) is 0 Å². The molecular formula is C21H23N3O3S. The number of aromatic nitrogens is 2. The highest BCUT2D eigenvalue weighted by Crippen LogP contribution is 2.27. The number of carbonyl (C=O) groups is 2. The first-order valence-corrected chi connectivity index (χ1v) is 10.1. The second-order valence-electron chi connectivity index (χ2n) is 6.50. The van der Waals surface area contributed by atoms with Gasteiger partial charge in [0.25, 0.3) is 5.91 Å². The van der Waals surface area contributed by atoms with Crippen LogP contribution in [0.15, 0.2) is 54.0 Å². The zero-order valence-corrected chi connectivity index (χ0v) is 16.7. The number of hydrogen-bond acceptors (Lipinski definition) is 5. The Balaban J connectivity index is 1.76. The van der Waals surface area contributed by atoms with Crippen molar-refractivity contribution in [3.8, 4) is 10.6 Å². The molecule has 2 heterocycles. The van der Waals surface area contributed by atoms with E-state index in [1.807, 2.05) is 61.7 Å². The Morgan fingerprint density at radius 1 is 1.21 bits per heavy atom. The van der Waals surface area contributed by atoms with Crippen LogP contribution in [0.5, 0.6) is 0 Å². The Hall–Kier alpha value is -2.93. The van der Waals surface area contributed by atoms with Crippen LogP contribution in [-0.4, -0.2) is 34.3 Å². The van der Waals surface area contributed by atoms with Gasteiger partial charge in [-0.25, -0.2) is 4.79 Å². The molecule has 0 aliphatic heterocycles. The summed E-state index contributed by atoms with van der Waals surface area (Å²) in [5.41, 5.74) is 2.00. The van der Waals surface area contributed by atoms with Crippen molar-refractivity contribution in [2.45, 2.75) is 32.9 Å². The predicted octanol–water partition coefficient (Wildman–Crippen LogP) is 3.73. The van der Waals surface area contributed by atoms with Crippen LogP contribution in [0.1, 0.15) is 36.2 Å². The molecule has 7 heteroatoms. The summed E-state index contributed by atoms with van der Waals surface area (Å²) in [5.74, 6) is -0.862. The lowest BCUT2D eigenvalue weighted by Crippen LogP contribution is -2.35. The number of nitrogens with zero attached hydrogens (tertiary/aromatic N) is 2. The van der Waals surface area contributed by atoms with Crippen molar-refractivity contribution >= 4 is 23.2 Å². The third kappa shape index (κ3) is 5.07. The third-order valence-corrected chi connectivity index (χ3v) is 5.15. The normalized spacial score (nSPS) is 11.8. The molecule has 0 aliphatic carbocycles. The van der Waals surface area contributed by atoms with Crippen LogP contribution in [0.3, 0.4) is 0 Å². The Morgan fingerprint density at radius 2 is 2.00 bits per heavy atom. The molecule has 3 rings (SSSR count). The van der Waals surface area contributed by atoms with Crippen molar-refractivity contribution < 1.29 is 14.3 Å². The topological polar surface area (TPSA) is 73.2 Å². The van der Waals surface area contributed by atoms with E-state index >= 15 is 0 Å². The van der Waals surface area contributed by atoms with Gasteiger partial charge in [0, 0.05) is 12.2 Å². The van der Waals surface area contributed by atoms with Crippen LogP contribution in [0.2, 0.25) is 0 Å². The van der Waals surface area contributed by atoms with Gasteiger partial charge in [-0.2, -0.15) is 5.10 Å². The molecule has 0 saturated carbocycles. The fraction of sp³-hybridized carbons (Fsp3) is 0.286. The molecule has 146 valence electrons. The molecule has 2 aromatic heterocycles. The Bertz CT molecular complexity index is 920. The number of benzene rings is 1. The summed E-state index contributed by atoms with van der Waals surface area (Å²) in [5, 5.41) is 9.30. The van der Waals surface area contributed by atoms with Gasteiger partial charge in [-0.3, -0.25) is 9.48 Å². The van der Waals surface area contributed by atoms with E-state index in [0.29, 0.717) is 17.8 Å². The molecule has 0 bridgehead atoms. The number of amides is 1. The summed E-state index contributed by atoms with van der Waals surface area (Å²) in [4.78, 5) is 25.4. The van der Waals surface area contributed by atoms with Gasteiger partial charge in [-0.05, 0) is 30.4 Å².